The molecule has 0 spiro atoms. The second-order valence-corrected chi connectivity index (χ2v) is 10.5. The summed E-state index contributed by atoms with van der Waals surface area (Å²) in [5, 5.41) is 2.94. The van der Waals surface area contributed by atoms with Crippen molar-refractivity contribution < 1.29 is 17.9 Å². The number of ether oxygens (including phenoxy) is 1. The van der Waals surface area contributed by atoms with E-state index in [1.165, 1.54) is 16.4 Å². The number of carbonyl (C=O) groups excluding carboxylic acids is 1. The van der Waals surface area contributed by atoms with Gasteiger partial charge in [0.25, 0.3) is 5.91 Å². The van der Waals surface area contributed by atoms with E-state index in [1.54, 1.807) is 12.1 Å². The molecule has 2 atom stereocenters. The summed E-state index contributed by atoms with van der Waals surface area (Å²) in [6, 6.07) is 16.2. The van der Waals surface area contributed by atoms with E-state index < -0.39 is 10.0 Å². The van der Waals surface area contributed by atoms with E-state index in [0.29, 0.717) is 25.2 Å². The molecule has 30 heavy (non-hydrogen) atoms. The number of sulfonamides is 1. The second-order valence-electron chi connectivity index (χ2n) is 8.54. The monoisotopic (exact) mass is 430 g/mol. The zero-order chi connectivity index (χ0) is 21.9. The summed E-state index contributed by atoms with van der Waals surface area (Å²) in [5.74, 6) is -0.292. The number of amides is 1. The lowest BCUT2D eigenvalue weighted by molar-refractivity contribution is -0.0440. The third-order valence-electron chi connectivity index (χ3n) is 5.37. The van der Waals surface area contributed by atoms with Crippen LogP contribution >= 0.6 is 0 Å². The Balaban J connectivity index is 1.74. The number of nitrogens with one attached hydrogen (secondary N) is 1. The van der Waals surface area contributed by atoms with Crippen LogP contribution < -0.4 is 5.32 Å². The highest BCUT2D eigenvalue weighted by Crippen LogP contribution is 2.23. The Labute approximate surface area is 179 Å². The quantitative estimate of drug-likeness (QED) is 0.764. The van der Waals surface area contributed by atoms with E-state index in [1.807, 2.05) is 44.2 Å². The zero-order valence-electron chi connectivity index (χ0n) is 18.0. The van der Waals surface area contributed by atoms with Gasteiger partial charge in [-0.05, 0) is 37.6 Å². The van der Waals surface area contributed by atoms with Gasteiger partial charge < -0.3 is 10.1 Å². The average Bonchev–Trinajstić information content (AvgIpc) is 2.72. The van der Waals surface area contributed by atoms with Crippen molar-refractivity contribution in [3.8, 4) is 0 Å². The third-order valence-corrected chi connectivity index (χ3v) is 7.19. The topological polar surface area (TPSA) is 75.7 Å². The van der Waals surface area contributed by atoms with E-state index in [4.69, 9.17) is 4.74 Å². The second kappa shape index (κ2) is 8.88. The molecule has 7 heteroatoms. The average molecular weight is 431 g/mol. The standard InChI is InChI=1S/C23H30N2O4S/c1-17-14-25(15-18(2)29-17)30(27,28)21-12-8-9-19(13-21)22(26)24-16-23(3,4)20-10-6-5-7-11-20/h5-13,17-18H,14-16H2,1-4H3,(H,24,26). The van der Waals surface area contributed by atoms with Crippen LogP contribution in [0.25, 0.3) is 0 Å². The van der Waals surface area contributed by atoms with Crippen molar-refractivity contribution in [3.63, 3.8) is 0 Å². The Bertz CT molecular complexity index is 979. The molecule has 3 rings (SSSR count). The van der Waals surface area contributed by atoms with Gasteiger partial charge >= 0.3 is 0 Å². The normalized spacial score (nSPS) is 20.7. The molecule has 0 aliphatic carbocycles. The first-order valence-electron chi connectivity index (χ1n) is 10.2. The van der Waals surface area contributed by atoms with Crippen molar-refractivity contribution >= 4 is 15.9 Å². The lowest BCUT2D eigenvalue weighted by Crippen LogP contribution is -2.48. The largest absolute Gasteiger partial charge is 0.373 e. The minimum absolute atomic E-state index is 0.124. The summed E-state index contributed by atoms with van der Waals surface area (Å²) >= 11 is 0. The van der Waals surface area contributed by atoms with Crippen LogP contribution in [-0.2, 0) is 20.2 Å². The van der Waals surface area contributed by atoms with Gasteiger partial charge in [-0.25, -0.2) is 8.42 Å². The fraction of sp³-hybridized carbons (Fsp3) is 0.435. The summed E-state index contributed by atoms with van der Waals surface area (Å²) in [7, 11) is -3.70. The Kier molecular flexibility index (Phi) is 6.65. The molecule has 0 aromatic heterocycles. The Morgan fingerprint density at radius 3 is 2.33 bits per heavy atom. The molecule has 0 saturated carbocycles. The Morgan fingerprint density at radius 2 is 1.70 bits per heavy atom. The predicted molar refractivity (Wildman–Crippen MR) is 117 cm³/mol. The molecule has 1 fully saturated rings. The Hall–Kier alpha value is -2.22. The van der Waals surface area contributed by atoms with Gasteiger partial charge in [0.2, 0.25) is 10.0 Å². The molecule has 1 N–H and O–H groups in total. The molecule has 2 unspecified atom stereocenters. The molecule has 162 valence electrons. The maximum Gasteiger partial charge on any atom is 0.251 e. The zero-order valence-corrected chi connectivity index (χ0v) is 18.8. The van der Waals surface area contributed by atoms with Crippen molar-refractivity contribution in [1.82, 2.24) is 9.62 Å². The van der Waals surface area contributed by atoms with Crippen molar-refractivity contribution in [3.05, 3.63) is 65.7 Å². The number of rotatable bonds is 6. The van der Waals surface area contributed by atoms with E-state index >= 15 is 0 Å². The molecule has 1 aliphatic rings. The molecule has 2 aromatic rings. The van der Waals surface area contributed by atoms with Crippen LogP contribution in [0.3, 0.4) is 0 Å². The number of benzene rings is 2. The van der Waals surface area contributed by atoms with Crippen LogP contribution in [0.2, 0.25) is 0 Å². The van der Waals surface area contributed by atoms with Crippen molar-refractivity contribution in [2.45, 2.75) is 50.2 Å². The molecule has 1 heterocycles. The van der Waals surface area contributed by atoms with Crippen LogP contribution in [0.1, 0.15) is 43.6 Å². The van der Waals surface area contributed by atoms with E-state index in [9.17, 15) is 13.2 Å². The number of carbonyl (C=O) groups is 1. The van der Waals surface area contributed by atoms with Crippen LogP contribution in [0.15, 0.2) is 59.5 Å². The van der Waals surface area contributed by atoms with Crippen LogP contribution in [0.4, 0.5) is 0 Å². The van der Waals surface area contributed by atoms with Gasteiger partial charge in [0.05, 0.1) is 17.1 Å². The van der Waals surface area contributed by atoms with E-state index in [2.05, 4.69) is 19.2 Å². The predicted octanol–water partition coefficient (Wildman–Crippen LogP) is 3.19. The van der Waals surface area contributed by atoms with Crippen molar-refractivity contribution in [2.75, 3.05) is 19.6 Å². The summed E-state index contributed by atoms with van der Waals surface area (Å²) in [6.07, 6.45) is -0.342. The number of morpholine rings is 1. The van der Waals surface area contributed by atoms with Gasteiger partial charge in [0.15, 0.2) is 0 Å². The van der Waals surface area contributed by atoms with Gasteiger partial charge in [0, 0.05) is 30.6 Å². The molecule has 0 bridgehead atoms. The SMILES string of the molecule is CC1CN(S(=O)(=O)c2cccc(C(=O)NCC(C)(C)c3ccccc3)c2)CC(C)O1. The fourth-order valence-electron chi connectivity index (χ4n) is 3.67. The van der Waals surface area contributed by atoms with Gasteiger partial charge in [-0.15, -0.1) is 0 Å². The van der Waals surface area contributed by atoms with E-state index in [0.717, 1.165) is 5.56 Å². The highest BCUT2D eigenvalue weighted by Gasteiger charge is 2.32. The molecule has 1 saturated heterocycles. The minimum Gasteiger partial charge on any atom is -0.373 e. The van der Waals surface area contributed by atoms with Crippen LogP contribution in [0.5, 0.6) is 0 Å². The first-order valence-corrected chi connectivity index (χ1v) is 11.6. The lowest BCUT2D eigenvalue weighted by atomic mass is 9.84. The van der Waals surface area contributed by atoms with E-state index in [-0.39, 0.29) is 28.4 Å². The molecule has 2 aromatic carbocycles. The van der Waals surface area contributed by atoms with Crippen molar-refractivity contribution in [2.24, 2.45) is 0 Å². The van der Waals surface area contributed by atoms with Gasteiger partial charge in [-0.1, -0.05) is 50.2 Å². The molecule has 1 amide bonds. The molecule has 1 aliphatic heterocycles. The molecule has 6 nitrogen and oxygen atoms in total. The summed E-state index contributed by atoms with van der Waals surface area (Å²) in [6.45, 7) is 8.87. The smallest absolute Gasteiger partial charge is 0.251 e. The summed E-state index contributed by atoms with van der Waals surface area (Å²) < 4.78 is 33.3. The highest BCUT2D eigenvalue weighted by atomic mass is 32.2. The lowest BCUT2D eigenvalue weighted by Gasteiger charge is -2.34. The summed E-state index contributed by atoms with van der Waals surface area (Å²) in [4.78, 5) is 12.9. The molecule has 0 radical (unpaired) electrons. The van der Waals surface area contributed by atoms with Gasteiger partial charge in [0.1, 0.15) is 0 Å². The number of hydrogen-bond acceptors (Lipinski definition) is 4. The third kappa shape index (κ3) is 5.09. The van der Waals surface area contributed by atoms with Crippen molar-refractivity contribution in [1.29, 1.82) is 0 Å². The number of hydrogen-bond donors (Lipinski definition) is 1. The maximum absolute atomic E-state index is 13.1. The minimum atomic E-state index is -3.70. The highest BCUT2D eigenvalue weighted by molar-refractivity contribution is 7.89. The van der Waals surface area contributed by atoms with Gasteiger partial charge in [-0.2, -0.15) is 4.31 Å². The first kappa shape index (κ1) is 22.5. The van der Waals surface area contributed by atoms with Crippen LogP contribution in [0, 0.1) is 0 Å². The Morgan fingerprint density at radius 1 is 1.07 bits per heavy atom. The maximum atomic E-state index is 13.1. The molecular formula is C23H30N2O4S. The van der Waals surface area contributed by atoms with Crippen LogP contribution in [-0.4, -0.2) is 50.5 Å². The number of nitrogens with zero attached hydrogens (tertiary/aromatic N) is 1. The summed E-state index contributed by atoms with van der Waals surface area (Å²) in [5.41, 5.74) is 1.20. The fourth-order valence-corrected chi connectivity index (χ4v) is 5.31. The van der Waals surface area contributed by atoms with Gasteiger partial charge in [-0.3, -0.25) is 4.79 Å². The molecular weight excluding hydrogens is 400 g/mol. The first-order chi connectivity index (χ1) is 14.1.